The molecule has 0 spiro atoms. The van der Waals surface area contributed by atoms with Crippen LogP contribution in [-0.2, 0) is 11.8 Å². The van der Waals surface area contributed by atoms with E-state index in [1.165, 1.54) is 11.3 Å². The average molecular weight is 388 g/mol. The fraction of sp³-hybridized carbons (Fsp3) is 0.278. The second-order valence-electron chi connectivity index (χ2n) is 6.36. The van der Waals surface area contributed by atoms with Crippen molar-refractivity contribution >= 4 is 34.0 Å². The van der Waals surface area contributed by atoms with Crippen LogP contribution in [0.5, 0.6) is 0 Å². The lowest BCUT2D eigenvalue weighted by Crippen LogP contribution is -2.28. The molecule has 1 aromatic carbocycles. The predicted molar refractivity (Wildman–Crippen MR) is 103 cm³/mol. The SMILES string of the molecule is Cn1cc([C@H]2CNC[C@@H]2C(=O)Nc2nc(-c3cccc(Cl)c3)cs2)cn1. The molecule has 6 nitrogen and oxygen atoms in total. The van der Waals surface area contributed by atoms with E-state index in [1.807, 2.05) is 49.1 Å². The number of hydrogen-bond acceptors (Lipinski definition) is 5. The number of anilines is 1. The summed E-state index contributed by atoms with van der Waals surface area (Å²) in [6.45, 7) is 1.42. The van der Waals surface area contributed by atoms with Gasteiger partial charge in [-0.3, -0.25) is 9.48 Å². The topological polar surface area (TPSA) is 71.8 Å². The molecule has 0 aliphatic carbocycles. The van der Waals surface area contributed by atoms with Gasteiger partial charge in [-0.15, -0.1) is 11.3 Å². The molecule has 26 heavy (non-hydrogen) atoms. The Morgan fingerprint density at radius 1 is 1.42 bits per heavy atom. The van der Waals surface area contributed by atoms with Gasteiger partial charge >= 0.3 is 0 Å². The van der Waals surface area contributed by atoms with Crippen LogP contribution >= 0.6 is 22.9 Å². The standard InChI is InChI=1S/C18H18ClN5OS/c1-24-9-12(6-21-24)14-7-20-8-15(14)17(25)23-18-22-16(10-26-18)11-3-2-4-13(19)5-11/h2-6,9-10,14-15,20H,7-8H2,1H3,(H,22,23,25)/t14-,15+/m1/s1. The molecule has 0 radical (unpaired) electrons. The first-order chi connectivity index (χ1) is 12.6. The van der Waals surface area contributed by atoms with Crippen LogP contribution in [0, 0.1) is 5.92 Å². The lowest BCUT2D eigenvalue weighted by molar-refractivity contribution is -0.119. The zero-order valence-electron chi connectivity index (χ0n) is 14.1. The van der Waals surface area contributed by atoms with Crippen molar-refractivity contribution in [2.24, 2.45) is 13.0 Å². The largest absolute Gasteiger partial charge is 0.315 e. The Morgan fingerprint density at radius 3 is 3.08 bits per heavy atom. The van der Waals surface area contributed by atoms with Crippen molar-refractivity contribution in [1.82, 2.24) is 20.1 Å². The van der Waals surface area contributed by atoms with Crippen LogP contribution in [0.15, 0.2) is 42.0 Å². The smallest absolute Gasteiger partial charge is 0.231 e. The summed E-state index contributed by atoms with van der Waals surface area (Å²) < 4.78 is 1.76. The van der Waals surface area contributed by atoms with Crippen LogP contribution in [0.1, 0.15) is 11.5 Å². The molecule has 1 fully saturated rings. The first kappa shape index (κ1) is 17.2. The summed E-state index contributed by atoms with van der Waals surface area (Å²) in [5.41, 5.74) is 2.82. The van der Waals surface area contributed by atoms with Crippen LogP contribution in [0.3, 0.4) is 0 Å². The summed E-state index contributed by atoms with van der Waals surface area (Å²) in [5, 5.41) is 13.7. The monoisotopic (exact) mass is 387 g/mol. The molecular weight excluding hydrogens is 370 g/mol. The van der Waals surface area contributed by atoms with Gasteiger partial charge in [-0.2, -0.15) is 5.10 Å². The molecular formula is C18H18ClN5OS. The number of nitrogens with one attached hydrogen (secondary N) is 2. The molecule has 0 bridgehead atoms. The van der Waals surface area contributed by atoms with Gasteiger partial charge in [0.1, 0.15) is 0 Å². The van der Waals surface area contributed by atoms with E-state index in [-0.39, 0.29) is 17.7 Å². The van der Waals surface area contributed by atoms with Crippen molar-refractivity contribution in [2.45, 2.75) is 5.92 Å². The number of thiazole rings is 1. The maximum Gasteiger partial charge on any atom is 0.231 e. The maximum absolute atomic E-state index is 12.8. The zero-order valence-corrected chi connectivity index (χ0v) is 15.7. The first-order valence-corrected chi connectivity index (χ1v) is 9.57. The number of nitrogens with zero attached hydrogens (tertiary/aromatic N) is 3. The van der Waals surface area contributed by atoms with E-state index < -0.39 is 0 Å². The van der Waals surface area contributed by atoms with Crippen LogP contribution in [0.25, 0.3) is 11.3 Å². The molecule has 134 valence electrons. The minimum atomic E-state index is -0.141. The Labute approximate surface area is 160 Å². The fourth-order valence-electron chi connectivity index (χ4n) is 3.25. The van der Waals surface area contributed by atoms with E-state index in [0.29, 0.717) is 16.7 Å². The lowest BCUT2D eigenvalue weighted by atomic mass is 9.90. The quantitative estimate of drug-likeness (QED) is 0.721. The normalized spacial score (nSPS) is 19.6. The summed E-state index contributed by atoms with van der Waals surface area (Å²) in [7, 11) is 1.88. The third-order valence-electron chi connectivity index (χ3n) is 4.56. The highest BCUT2D eigenvalue weighted by Crippen LogP contribution is 2.31. The number of hydrogen-bond donors (Lipinski definition) is 2. The van der Waals surface area contributed by atoms with E-state index in [4.69, 9.17) is 11.6 Å². The van der Waals surface area contributed by atoms with E-state index in [9.17, 15) is 4.79 Å². The van der Waals surface area contributed by atoms with Gasteiger partial charge in [-0.25, -0.2) is 4.98 Å². The Hall–Kier alpha value is -2.22. The molecule has 4 rings (SSSR count). The first-order valence-electron chi connectivity index (χ1n) is 8.32. The molecule has 3 aromatic rings. The highest BCUT2D eigenvalue weighted by molar-refractivity contribution is 7.14. The van der Waals surface area contributed by atoms with Crippen molar-refractivity contribution in [3.8, 4) is 11.3 Å². The number of carbonyl (C=O) groups excluding carboxylic acids is 1. The molecule has 1 aliphatic rings. The third-order valence-corrected chi connectivity index (χ3v) is 5.55. The van der Waals surface area contributed by atoms with E-state index in [2.05, 4.69) is 20.7 Å². The molecule has 2 N–H and O–H groups in total. The Bertz CT molecular complexity index is 937. The Kier molecular flexibility index (Phi) is 4.76. The van der Waals surface area contributed by atoms with Crippen LogP contribution in [0.4, 0.5) is 5.13 Å². The number of amides is 1. The fourth-order valence-corrected chi connectivity index (χ4v) is 4.16. The molecule has 2 atom stereocenters. The van der Waals surface area contributed by atoms with E-state index in [1.54, 1.807) is 4.68 Å². The van der Waals surface area contributed by atoms with Crippen molar-refractivity contribution in [1.29, 1.82) is 0 Å². The summed E-state index contributed by atoms with van der Waals surface area (Å²) in [6, 6.07) is 7.52. The summed E-state index contributed by atoms with van der Waals surface area (Å²) in [6.07, 6.45) is 3.80. The van der Waals surface area contributed by atoms with Crippen molar-refractivity contribution in [2.75, 3.05) is 18.4 Å². The van der Waals surface area contributed by atoms with E-state index >= 15 is 0 Å². The maximum atomic E-state index is 12.8. The second-order valence-corrected chi connectivity index (χ2v) is 7.65. The summed E-state index contributed by atoms with van der Waals surface area (Å²) in [4.78, 5) is 17.3. The second kappa shape index (κ2) is 7.19. The molecule has 2 aromatic heterocycles. The summed E-state index contributed by atoms with van der Waals surface area (Å²) >= 11 is 7.46. The minimum absolute atomic E-state index is 0.0177. The number of aryl methyl sites for hydroxylation is 1. The molecule has 3 heterocycles. The van der Waals surface area contributed by atoms with Crippen molar-refractivity contribution < 1.29 is 4.79 Å². The lowest BCUT2D eigenvalue weighted by Gasteiger charge is -2.15. The Morgan fingerprint density at radius 2 is 2.31 bits per heavy atom. The molecule has 1 aliphatic heterocycles. The van der Waals surface area contributed by atoms with Crippen LogP contribution in [0.2, 0.25) is 5.02 Å². The number of aromatic nitrogens is 3. The number of benzene rings is 1. The Balaban J connectivity index is 1.48. The van der Waals surface area contributed by atoms with Crippen molar-refractivity contribution in [3.05, 3.63) is 52.6 Å². The molecule has 0 unspecified atom stereocenters. The molecule has 0 saturated carbocycles. The van der Waals surface area contributed by atoms with E-state index in [0.717, 1.165) is 23.4 Å². The molecule has 8 heteroatoms. The van der Waals surface area contributed by atoms with Gasteiger partial charge in [0.05, 0.1) is 17.8 Å². The number of rotatable bonds is 4. The number of carbonyl (C=O) groups is 1. The summed E-state index contributed by atoms with van der Waals surface area (Å²) in [5.74, 6) is -0.0374. The van der Waals surface area contributed by atoms with Gasteiger partial charge in [0.25, 0.3) is 0 Å². The van der Waals surface area contributed by atoms with Gasteiger partial charge in [-0.1, -0.05) is 23.7 Å². The van der Waals surface area contributed by atoms with Gasteiger partial charge in [0.15, 0.2) is 5.13 Å². The van der Waals surface area contributed by atoms with Crippen LogP contribution in [-0.4, -0.2) is 33.8 Å². The van der Waals surface area contributed by atoms with Gasteiger partial charge in [0.2, 0.25) is 5.91 Å². The van der Waals surface area contributed by atoms with Gasteiger partial charge in [0, 0.05) is 48.2 Å². The van der Waals surface area contributed by atoms with Crippen LogP contribution < -0.4 is 10.6 Å². The minimum Gasteiger partial charge on any atom is -0.315 e. The average Bonchev–Trinajstić information content (AvgIpc) is 3.34. The van der Waals surface area contributed by atoms with Gasteiger partial charge in [-0.05, 0) is 17.7 Å². The zero-order chi connectivity index (χ0) is 18.1. The third kappa shape index (κ3) is 3.51. The predicted octanol–water partition coefficient (Wildman–Crippen LogP) is 3.14. The highest BCUT2D eigenvalue weighted by Gasteiger charge is 2.35. The number of halogens is 1. The van der Waals surface area contributed by atoms with Crippen molar-refractivity contribution in [3.63, 3.8) is 0 Å². The molecule has 1 saturated heterocycles. The molecule has 1 amide bonds. The van der Waals surface area contributed by atoms with Gasteiger partial charge < -0.3 is 10.6 Å². The highest BCUT2D eigenvalue weighted by atomic mass is 35.5.